The summed E-state index contributed by atoms with van der Waals surface area (Å²) >= 11 is 0. The minimum atomic E-state index is -0.274. The summed E-state index contributed by atoms with van der Waals surface area (Å²) in [6, 6.07) is 15.3. The van der Waals surface area contributed by atoms with Gasteiger partial charge in [0, 0.05) is 24.2 Å². The van der Waals surface area contributed by atoms with E-state index in [9.17, 15) is 4.79 Å². The van der Waals surface area contributed by atoms with E-state index in [0.29, 0.717) is 11.2 Å². The van der Waals surface area contributed by atoms with Crippen molar-refractivity contribution in [1.82, 2.24) is 19.5 Å². The van der Waals surface area contributed by atoms with Gasteiger partial charge in [0.15, 0.2) is 0 Å². The van der Waals surface area contributed by atoms with E-state index >= 15 is 0 Å². The topological polar surface area (TPSA) is 72.7 Å². The summed E-state index contributed by atoms with van der Waals surface area (Å²) in [6.07, 6.45) is 5.57. The molecule has 6 nitrogen and oxygen atoms in total. The molecule has 0 spiro atoms. The molecule has 0 radical (unpaired) electrons. The van der Waals surface area contributed by atoms with Crippen LogP contribution in [0, 0.1) is 0 Å². The van der Waals surface area contributed by atoms with Gasteiger partial charge in [-0.3, -0.25) is 9.78 Å². The molecule has 0 aliphatic carbocycles. The van der Waals surface area contributed by atoms with Crippen LogP contribution in [0.4, 0.5) is 5.69 Å². The van der Waals surface area contributed by atoms with Crippen LogP contribution in [-0.4, -0.2) is 25.4 Å². The van der Waals surface area contributed by atoms with Crippen LogP contribution in [-0.2, 0) is 13.0 Å². The zero-order valence-corrected chi connectivity index (χ0v) is 14.6. The quantitative estimate of drug-likeness (QED) is 0.608. The molecule has 4 aromatic rings. The van der Waals surface area contributed by atoms with E-state index in [1.165, 1.54) is 6.20 Å². The number of anilines is 1. The highest BCUT2D eigenvalue weighted by molar-refractivity contribution is 6.03. The standard InChI is InChI=1S/C21H17N5O/c27-21(18-12-22-16-7-1-2-8-17(16)25-18)24-15-6-3-5-14(11-15)19-13-23-20-9-4-10-26(19)20/h1-3,5-8,11-13H,4,9-10H2,(H,24,27). The zero-order chi connectivity index (χ0) is 18.2. The molecule has 1 amide bonds. The van der Waals surface area contributed by atoms with Crippen LogP contribution in [0.3, 0.4) is 0 Å². The average Bonchev–Trinajstić information content (AvgIpc) is 3.31. The Labute approximate surface area is 155 Å². The number of aromatic nitrogens is 4. The Morgan fingerprint density at radius 2 is 1.89 bits per heavy atom. The number of carbonyl (C=O) groups excluding carboxylic acids is 1. The van der Waals surface area contributed by atoms with E-state index in [2.05, 4.69) is 24.8 Å². The van der Waals surface area contributed by atoms with Crippen molar-refractivity contribution in [3.63, 3.8) is 0 Å². The summed E-state index contributed by atoms with van der Waals surface area (Å²) in [5.41, 5.74) is 4.62. The van der Waals surface area contributed by atoms with E-state index < -0.39 is 0 Å². The Hall–Kier alpha value is -3.54. The van der Waals surface area contributed by atoms with Crippen molar-refractivity contribution in [1.29, 1.82) is 0 Å². The first kappa shape index (κ1) is 15.7. The molecule has 0 unspecified atom stereocenters. The molecular formula is C21H17N5O. The third-order valence-electron chi connectivity index (χ3n) is 4.82. The summed E-state index contributed by atoms with van der Waals surface area (Å²) < 4.78 is 2.25. The first-order chi connectivity index (χ1) is 13.3. The molecular weight excluding hydrogens is 338 g/mol. The number of carbonyl (C=O) groups is 1. The van der Waals surface area contributed by atoms with Crippen LogP contribution in [0.25, 0.3) is 22.3 Å². The Morgan fingerprint density at radius 3 is 2.81 bits per heavy atom. The highest BCUT2D eigenvalue weighted by Crippen LogP contribution is 2.27. The van der Waals surface area contributed by atoms with Gasteiger partial charge in [-0.25, -0.2) is 9.97 Å². The average molecular weight is 355 g/mol. The summed E-state index contributed by atoms with van der Waals surface area (Å²) in [6.45, 7) is 0.994. The molecule has 27 heavy (non-hydrogen) atoms. The van der Waals surface area contributed by atoms with E-state index in [4.69, 9.17) is 0 Å². The number of nitrogens with one attached hydrogen (secondary N) is 1. The number of benzene rings is 2. The van der Waals surface area contributed by atoms with Gasteiger partial charge >= 0.3 is 0 Å². The number of fused-ring (bicyclic) bond motifs is 2. The number of rotatable bonds is 3. The molecule has 1 N–H and O–H groups in total. The van der Waals surface area contributed by atoms with Gasteiger partial charge in [0.25, 0.3) is 5.91 Å². The lowest BCUT2D eigenvalue weighted by Crippen LogP contribution is -2.14. The molecule has 3 heterocycles. The highest BCUT2D eigenvalue weighted by Gasteiger charge is 2.17. The van der Waals surface area contributed by atoms with Gasteiger partial charge in [-0.1, -0.05) is 24.3 Å². The summed E-state index contributed by atoms with van der Waals surface area (Å²) in [5.74, 6) is 0.856. The normalized spacial score (nSPS) is 12.9. The van der Waals surface area contributed by atoms with Crippen LogP contribution < -0.4 is 5.32 Å². The van der Waals surface area contributed by atoms with Gasteiger partial charge in [-0.15, -0.1) is 0 Å². The van der Waals surface area contributed by atoms with E-state index in [1.54, 1.807) is 0 Å². The van der Waals surface area contributed by atoms with Crippen molar-refractivity contribution in [3.05, 3.63) is 72.4 Å². The fourth-order valence-electron chi connectivity index (χ4n) is 3.51. The van der Waals surface area contributed by atoms with Crippen LogP contribution in [0.5, 0.6) is 0 Å². The second-order valence-corrected chi connectivity index (χ2v) is 6.59. The molecule has 2 aromatic carbocycles. The SMILES string of the molecule is O=C(Nc1cccc(-c2cnc3n2CCC3)c1)c1cnc2ccccc2n1. The molecule has 2 aromatic heterocycles. The molecule has 6 heteroatoms. The highest BCUT2D eigenvalue weighted by atomic mass is 16.1. The van der Waals surface area contributed by atoms with Gasteiger partial charge in [-0.05, 0) is 30.7 Å². The maximum absolute atomic E-state index is 12.6. The third kappa shape index (κ3) is 2.85. The maximum atomic E-state index is 12.6. The van der Waals surface area contributed by atoms with Crippen LogP contribution in [0.2, 0.25) is 0 Å². The fourth-order valence-corrected chi connectivity index (χ4v) is 3.51. The second kappa shape index (κ2) is 6.32. The van der Waals surface area contributed by atoms with E-state index in [0.717, 1.165) is 47.7 Å². The van der Waals surface area contributed by atoms with Crippen molar-refractivity contribution in [2.45, 2.75) is 19.4 Å². The van der Waals surface area contributed by atoms with Gasteiger partial charge in [0.2, 0.25) is 0 Å². The number of para-hydroxylation sites is 2. The molecule has 0 saturated carbocycles. The molecule has 0 saturated heterocycles. The number of amides is 1. The smallest absolute Gasteiger partial charge is 0.275 e. The summed E-state index contributed by atoms with van der Waals surface area (Å²) in [5, 5.41) is 2.92. The van der Waals surface area contributed by atoms with Crippen molar-refractivity contribution in [3.8, 4) is 11.3 Å². The minimum absolute atomic E-state index is 0.274. The predicted octanol–water partition coefficient (Wildman–Crippen LogP) is 3.69. The van der Waals surface area contributed by atoms with Crippen molar-refractivity contribution in [2.75, 3.05) is 5.32 Å². The fraction of sp³-hybridized carbons (Fsp3) is 0.143. The molecule has 132 valence electrons. The van der Waals surface area contributed by atoms with Gasteiger partial charge in [-0.2, -0.15) is 0 Å². The number of imidazole rings is 1. The predicted molar refractivity (Wildman–Crippen MR) is 103 cm³/mol. The molecule has 1 aliphatic heterocycles. The lowest BCUT2D eigenvalue weighted by Gasteiger charge is -2.09. The number of aryl methyl sites for hydroxylation is 1. The Kier molecular flexibility index (Phi) is 3.67. The molecule has 1 aliphatic rings. The monoisotopic (exact) mass is 355 g/mol. The number of hydrogen-bond acceptors (Lipinski definition) is 4. The third-order valence-corrected chi connectivity index (χ3v) is 4.82. The first-order valence-corrected chi connectivity index (χ1v) is 8.96. The van der Waals surface area contributed by atoms with E-state index in [-0.39, 0.29) is 5.91 Å². The number of nitrogens with zero attached hydrogens (tertiary/aromatic N) is 4. The largest absolute Gasteiger partial charge is 0.328 e. The van der Waals surface area contributed by atoms with Gasteiger partial charge < -0.3 is 9.88 Å². The molecule has 5 rings (SSSR count). The van der Waals surface area contributed by atoms with E-state index in [1.807, 2.05) is 54.7 Å². The number of hydrogen-bond donors (Lipinski definition) is 1. The molecule has 0 bridgehead atoms. The van der Waals surface area contributed by atoms with Crippen LogP contribution >= 0.6 is 0 Å². The van der Waals surface area contributed by atoms with Crippen LogP contribution in [0.1, 0.15) is 22.7 Å². The molecule has 0 atom stereocenters. The Balaban J connectivity index is 1.42. The Bertz CT molecular complexity index is 1160. The zero-order valence-electron chi connectivity index (χ0n) is 14.6. The van der Waals surface area contributed by atoms with Crippen molar-refractivity contribution < 1.29 is 4.79 Å². The summed E-state index contributed by atoms with van der Waals surface area (Å²) in [4.78, 5) is 25.8. The van der Waals surface area contributed by atoms with Crippen LogP contribution in [0.15, 0.2) is 60.9 Å². The minimum Gasteiger partial charge on any atom is -0.328 e. The van der Waals surface area contributed by atoms with Gasteiger partial charge in [0.1, 0.15) is 11.5 Å². The maximum Gasteiger partial charge on any atom is 0.275 e. The summed E-state index contributed by atoms with van der Waals surface area (Å²) in [7, 11) is 0. The lowest BCUT2D eigenvalue weighted by atomic mass is 10.1. The Morgan fingerprint density at radius 1 is 1.00 bits per heavy atom. The van der Waals surface area contributed by atoms with Crippen molar-refractivity contribution >= 4 is 22.6 Å². The molecule has 0 fully saturated rings. The second-order valence-electron chi connectivity index (χ2n) is 6.59. The first-order valence-electron chi connectivity index (χ1n) is 8.96. The lowest BCUT2D eigenvalue weighted by molar-refractivity contribution is 0.102. The van der Waals surface area contributed by atoms with Gasteiger partial charge in [0.05, 0.1) is 29.1 Å². The van der Waals surface area contributed by atoms with Crippen molar-refractivity contribution in [2.24, 2.45) is 0 Å².